The molecule has 3 nitrogen and oxygen atoms in total. The molecule has 0 aromatic rings. The Hall–Kier alpha value is -0.570. The number of fused-ring (bicyclic) bond motifs is 1. The van der Waals surface area contributed by atoms with Gasteiger partial charge in [0, 0.05) is 6.04 Å². The fraction of sp³-hybridized carbons (Fsp3) is 0.900. The van der Waals surface area contributed by atoms with Crippen molar-refractivity contribution in [2.75, 3.05) is 0 Å². The van der Waals surface area contributed by atoms with Crippen molar-refractivity contribution in [2.24, 2.45) is 5.41 Å². The first-order chi connectivity index (χ1) is 6.12. The molecule has 0 spiro atoms. The van der Waals surface area contributed by atoms with Gasteiger partial charge in [-0.2, -0.15) is 0 Å². The molecule has 0 unspecified atom stereocenters. The van der Waals surface area contributed by atoms with Crippen molar-refractivity contribution in [2.45, 2.75) is 51.1 Å². The average molecular weight is 183 g/mol. The zero-order valence-electron chi connectivity index (χ0n) is 8.05. The first-order valence-corrected chi connectivity index (χ1v) is 5.11. The summed E-state index contributed by atoms with van der Waals surface area (Å²) in [4.78, 5) is 10.8. The number of hydrogen-bond donors (Lipinski definition) is 2. The van der Waals surface area contributed by atoms with Crippen LogP contribution in [-0.4, -0.2) is 23.2 Å². The minimum atomic E-state index is -0.685. The van der Waals surface area contributed by atoms with Gasteiger partial charge in [-0.05, 0) is 24.7 Å². The zero-order valence-corrected chi connectivity index (χ0v) is 8.05. The third-order valence-electron chi connectivity index (χ3n) is 3.70. The van der Waals surface area contributed by atoms with Crippen LogP contribution in [0.15, 0.2) is 0 Å². The highest BCUT2D eigenvalue weighted by molar-refractivity contribution is 5.74. The predicted octanol–water partition coefficient (Wildman–Crippen LogP) is 1.38. The molecule has 0 bridgehead atoms. The molecule has 0 radical (unpaired) electrons. The van der Waals surface area contributed by atoms with E-state index in [1.807, 2.05) is 0 Å². The Morgan fingerprint density at radius 3 is 2.92 bits per heavy atom. The Kier molecular flexibility index (Phi) is 2.06. The van der Waals surface area contributed by atoms with Crippen LogP contribution in [0.25, 0.3) is 0 Å². The van der Waals surface area contributed by atoms with Gasteiger partial charge in [-0.15, -0.1) is 0 Å². The van der Waals surface area contributed by atoms with E-state index >= 15 is 0 Å². The lowest BCUT2D eigenvalue weighted by Gasteiger charge is -2.35. The molecule has 1 heterocycles. The lowest BCUT2D eigenvalue weighted by Crippen LogP contribution is -2.39. The van der Waals surface area contributed by atoms with E-state index in [0.717, 1.165) is 12.8 Å². The number of hydrogen-bond acceptors (Lipinski definition) is 2. The van der Waals surface area contributed by atoms with Crippen LogP contribution in [0.1, 0.15) is 39.0 Å². The average Bonchev–Trinajstić information content (AvgIpc) is 2.41. The zero-order chi connectivity index (χ0) is 9.47. The van der Waals surface area contributed by atoms with Gasteiger partial charge >= 0.3 is 5.97 Å². The lowest BCUT2D eigenvalue weighted by atomic mass is 9.72. The van der Waals surface area contributed by atoms with Gasteiger partial charge < -0.3 is 10.4 Å². The molecular weight excluding hydrogens is 166 g/mol. The quantitative estimate of drug-likeness (QED) is 0.645. The highest BCUT2D eigenvalue weighted by Gasteiger charge is 2.46. The van der Waals surface area contributed by atoms with Gasteiger partial charge in [0.1, 0.15) is 6.04 Å². The van der Waals surface area contributed by atoms with Crippen LogP contribution in [0.2, 0.25) is 0 Å². The van der Waals surface area contributed by atoms with Crippen molar-refractivity contribution >= 4 is 5.97 Å². The van der Waals surface area contributed by atoms with Gasteiger partial charge in [-0.1, -0.05) is 19.8 Å². The number of rotatable bonds is 1. The predicted molar refractivity (Wildman–Crippen MR) is 49.5 cm³/mol. The molecule has 2 aliphatic rings. The summed E-state index contributed by atoms with van der Waals surface area (Å²) < 4.78 is 0. The summed E-state index contributed by atoms with van der Waals surface area (Å²) >= 11 is 0. The second kappa shape index (κ2) is 2.98. The summed E-state index contributed by atoms with van der Waals surface area (Å²) in [7, 11) is 0. The molecule has 0 amide bonds. The van der Waals surface area contributed by atoms with Gasteiger partial charge in [-0.25, -0.2) is 0 Å². The first-order valence-electron chi connectivity index (χ1n) is 5.11. The van der Waals surface area contributed by atoms with Crippen LogP contribution in [0, 0.1) is 5.41 Å². The van der Waals surface area contributed by atoms with Crippen LogP contribution in [0.4, 0.5) is 0 Å². The summed E-state index contributed by atoms with van der Waals surface area (Å²) in [6.07, 6.45) is 5.67. The van der Waals surface area contributed by atoms with E-state index in [1.165, 1.54) is 19.3 Å². The summed E-state index contributed by atoms with van der Waals surface area (Å²) in [5.74, 6) is -0.685. The molecule has 0 aromatic heterocycles. The molecule has 13 heavy (non-hydrogen) atoms. The van der Waals surface area contributed by atoms with E-state index < -0.39 is 5.97 Å². The summed E-state index contributed by atoms with van der Waals surface area (Å²) in [6.45, 7) is 2.23. The molecular formula is C10H17NO2. The van der Waals surface area contributed by atoms with Crippen LogP contribution < -0.4 is 5.32 Å². The van der Waals surface area contributed by atoms with Crippen molar-refractivity contribution in [3.8, 4) is 0 Å². The van der Waals surface area contributed by atoms with Gasteiger partial charge in [0.25, 0.3) is 0 Å². The monoisotopic (exact) mass is 183 g/mol. The Morgan fingerprint density at radius 1 is 1.54 bits per heavy atom. The number of carboxylic acid groups (broad SMARTS) is 1. The molecule has 2 rings (SSSR count). The van der Waals surface area contributed by atoms with Crippen molar-refractivity contribution < 1.29 is 9.90 Å². The number of aliphatic carboxylic acids is 1. The molecule has 1 saturated carbocycles. The van der Waals surface area contributed by atoms with Gasteiger partial charge in [0.05, 0.1) is 0 Å². The molecule has 2 fully saturated rings. The second-order valence-corrected chi connectivity index (χ2v) is 4.71. The summed E-state index contributed by atoms with van der Waals surface area (Å²) in [5, 5.41) is 12.1. The number of nitrogens with one attached hydrogen (secondary N) is 1. The lowest BCUT2D eigenvalue weighted by molar-refractivity contribution is -0.139. The van der Waals surface area contributed by atoms with E-state index in [2.05, 4.69) is 12.2 Å². The van der Waals surface area contributed by atoms with Crippen LogP contribution in [0.5, 0.6) is 0 Å². The Labute approximate surface area is 78.5 Å². The molecule has 1 saturated heterocycles. The molecule has 3 atom stereocenters. The fourth-order valence-electron chi connectivity index (χ4n) is 2.86. The standard InChI is InChI=1S/C10H17NO2/c1-10-5-3-2-4-8(10)11-7(6-10)9(12)13/h7-8,11H,2-6H2,1H3,(H,12,13)/t7-,8-,10-/m1/s1. The fourth-order valence-corrected chi connectivity index (χ4v) is 2.86. The Balaban J connectivity index is 2.10. The van der Waals surface area contributed by atoms with E-state index in [1.54, 1.807) is 0 Å². The molecule has 2 N–H and O–H groups in total. The van der Waals surface area contributed by atoms with Gasteiger partial charge in [-0.3, -0.25) is 4.79 Å². The topological polar surface area (TPSA) is 49.3 Å². The normalized spacial score (nSPS) is 44.4. The van der Waals surface area contributed by atoms with Crippen molar-refractivity contribution in [1.82, 2.24) is 5.32 Å². The minimum Gasteiger partial charge on any atom is -0.480 e. The number of carboxylic acids is 1. The highest BCUT2D eigenvalue weighted by atomic mass is 16.4. The summed E-state index contributed by atoms with van der Waals surface area (Å²) in [5.41, 5.74) is 0.251. The van der Waals surface area contributed by atoms with Crippen LogP contribution in [-0.2, 0) is 4.79 Å². The maximum Gasteiger partial charge on any atom is 0.320 e. The van der Waals surface area contributed by atoms with E-state index in [-0.39, 0.29) is 11.5 Å². The Morgan fingerprint density at radius 2 is 2.31 bits per heavy atom. The third kappa shape index (κ3) is 1.46. The minimum absolute atomic E-state index is 0.251. The van der Waals surface area contributed by atoms with E-state index in [9.17, 15) is 4.79 Å². The van der Waals surface area contributed by atoms with Gasteiger partial charge in [0.15, 0.2) is 0 Å². The Bertz CT molecular complexity index is 229. The van der Waals surface area contributed by atoms with Gasteiger partial charge in [0.2, 0.25) is 0 Å². The van der Waals surface area contributed by atoms with Crippen LogP contribution in [0.3, 0.4) is 0 Å². The van der Waals surface area contributed by atoms with Crippen LogP contribution >= 0.6 is 0 Å². The van der Waals surface area contributed by atoms with Crippen molar-refractivity contribution in [3.05, 3.63) is 0 Å². The van der Waals surface area contributed by atoms with E-state index in [0.29, 0.717) is 6.04 Å². The summed E-state index contributed by atoms with van der Waals surface area (Å²) in [6, 6.07) is 0.149. The highest BCUT2D eigenvalue weighted by Crippen LogP contribution is 2.44. The maximum absolute atomic E-state index is 10.8. The van der Waals surface area contributed by atoms with Crippen molar-refractivity contribution in [3.63, 3.8) is 0 Å². The second-order valence-electron chi connectivity index (χ2n) is 4.71. The smallest absolute Gasteiger partial charge is 0.320 e. The first kappa shape index (κ1) is 9.00. The molecule has 0 aromatic carbocycles. The molecule has 1 aliphatic heterocycles. The molecule has 3 heteroatoms. The molecule has 74 valence electrons. The SMILES string of the molecule is C[C@]12CCCC[C@H]1N[C@@H](C(=O)O)C2. The maximum atomic E-state index is 10.8. The number of carbonyl (C=O) groups is 1. The van der Waals surface area contributed by atoms with E-state index in [4.69, 9.17) is 5.11 Å². The molecule has 1 aliphatic carbocycles. The largest absolute Gasteiger partial charge is 0.480 e. The van der Waals surface area contributed by atoms with Crippen molar-refractivity contribution in [1.29, 1.82) is 0 Å². The third-order valence-corrected chi connectivity index (χ3v) is 3.70.